The maximum atomic E-state index is 5.75. The maximum Gasteiger partial charge on any atom is 0.0609 e. The molecule has 0 amide bonds. The van der Waals surface area contributed by atoms with Crippen LogP contribution in [0.15, 0.2) is 0 Å². The van der Waals surface area contributed by atoms with Crippen molar-refractivity contribution in [3.05, 3.63) is 0 Å². The molecule has 0 aromatic carbocycles. The Morgan fingerprint density at radius 2 is 1.83 bits per heavy atom. The normalized spacial score (nSPS) is 16.5. The van der Waals surface area contributed by atoms with Gasteiger partial charge in [-0.25, -0.2) is 0 Å². The molecule has 0 radical (unpaired) electrons. The number of nitrogens with one attached hydrogen (secondary N) is 1. The van der Waals surface area contributed by atoms with Gasteiger partial charge >= 0.3 is 0 Å². The van der Waals surface area contributed by atoms with E-state index in [4.69, 9.17) is 5.73 Å². The van der Waals surface area contributed by atoms with Crippen molar-refractivity contribution in [1.29, 1.82) is 0 Å². The Kier molecular flexibility index (Phi) is 6.34. The zero-order valence-corrected chi connectivity index (χ0v) is 8.80. The summed E-state index contributed by atoms with van der Waals surface area (Å²) in [5.74, 6) is 0. The summed E-state index contributed by atoms with van der Waals surface area (Å²) >= 11 is 0. The molecule has 0 fully saturated rings. The lowest BCUT2D eigenvalue weighted by atomic mass is 10.2. The standard InChI is InChI=1S/C9H23N3/c1-5-12(6-2)9(11-4)7-8(3)10/h8-9,11H,5-7,10H2,1-4H3. The Morgan fingerprint density at radius 3 is 2.08 bits per heavy atom. The summed E-state index contributed by atoms with van der Waals surface area (Å²) in [5, 5.41) is 3.28. The zero-order chi connectivity index (χ0) is 9.56. The quantitative estimate of drug-likeness (QED) is 0.578. The van der Waals surface area contributed by atoms with Crippen molar-refractivity contribution in [3.8, 4) is 0 Å². The van der Waals surface area contributed by atoms with Crippen LogP contribution in [0.3, 0.4) is 0 Å². The number of hydrogen-bond donors (Lipinski definition) is 2. The van der Waals surface area contributed by atoms with Crippen LogP contribution in [0.4, 0.5) is 0 Å². The van der Waals surface area contributed by atoms with Crippen LogP contribution in [0.2, 0.25) is 0 Å². The highest BCUT2D eigenvalue weighted by atomic mass is 15.3. The average molecular weight is 173 g/mol. The smallest absolute Gasteiger partial charge is 0.0609 e. The molecule has 0 spiro atoms. The van der Waals surface area contributed by atoms with Crippen molar-refractivity contribution in [2.45, 2.75) is 39.4 Å². The molecule has 0 aliphatic rings. The number of nitrogens with zero attached hydrogens (tertiary/aromatic N) is 1. The second kappa shape index (κ2) is 6.40. The third-order valence-corrected chi connectivity index (χ3v) is 2.18. The predicted octanol–water partition coefficient (Wildman–Crippen LogP) is 0.611. The van der Waals surface area contributed by atoms with Crippen LogP contribution < -0.4 is 11.1 Å². The highest BCUT2D eigenvalue weighted by Crippen LogP contribution is 2.02. The Labute approximate surface area is 76.3 Å². The molecule has 0 rings (SSSR count). The number of nitrogens with two attached hydrogens (primary N) is 1. The number of hydrogen-bond acceptors (Lipinski definition) is 3. The van der Waals surface area contributed by atoms with Gasteiger partial charge in [0.2, 0.25) is 0 Å². The highest BCUT2D eigenvalue weighted by Gasteiger charge is 2.14. The Balaban J connectivity index is 3.92. The van der Waals surface area contributed by atoms with Crippen LogP contribution in [0.25, 0.3) is 0 Å². The molecule has 0 aliphatic carbocycles. The fraction of sp³-hybridized carbons (Fsp3) is 1.00. The van der Waals surface area contributed by atoms with Gasteiger partial charge in [-0.3, -0.25) is 4.90 Å². The van der Waals surface area contributed by atoms with Crippen LogP contribution in [0, 0.1) is 0 Å². The van der Waals surface area contributed by atoms with Gasteiger partial charge in [-0.2, -0.15) is 0 Å². The topological polar surface area (TPSA) is 41.3 Å². The van der Waals surface area contributed by atoms with Gasteiger partial charge in [0.15, 0.2) is 0 Å². The first-order valence-electron chi connectivity index (χ1n) is 4.82. The van der Waals surface area contributed by atoms with E-state index in [0.717, 1.165) is 19.5 Å². The molecule has 2 unspecified atom stereocenters. The van der Waals surface area contributed by atoms with E-state index in [1.54, 1.807) is 0 Å². The minimum atomic E-state index is 0.267. The lowest BCUT2D eigenvalue weighted by molar-refractivity contribution is 0.174. The molecular weight excluding hydrogens is 150 g/mol. The minimum Gasteiger partial charge on any atom is -0.328 e. The maximum absolute atomic E-state index is 5.75. The molecule has 0 bridgehead atoms. The Hall–Kier alpha value is -0.120. The summed E-state index contributed by atoms with van der Waals surface area (Å²) < 4.78 is 0. The second-order valence-corrected chi connectivity index (χ2v) is 3.24. The summed E-state index contributed by atoms with van der Waals surface area (Å²) in [6, 6.07) is 0.267. The van der Waals surface area contributed by atoms with E-state index in [0.29, 0.717) is 6.17 Å². The van der Waals surface area contributed by atoms with Gasteiger partial charge in [0.05, 0.1) is 6.17 Å². The van der Waals surface area contributed by atoms with Crippen molar-refractivity contribution in [1.82, 2.24) is 10.2 Å². The van der Waals surface area contributed by atoms with Gasteiger partial charge in [0.25, 0.3) is 0 Å². The van der Waals surface area contributed by atoms with Gasteiger partial charge < -0.3 is 11.1 Å². The second-order valence-electron chi connectivity index (χ2n) is 3.24. The largest absolute Gasteiger partial charge is 0.328 e. The van der Waals surface area contributed by atoms with Gasteiger partial charge in [-0.15, -0.1) is 0 Å². The van der Waals surface area contributed by atoms with E-state index in [9.17, 15) is 0 Å². The van der Waals surface area contributed by atoms with E-state index in [2.05, 4.69) is 24.1 Å². The van der Waals surface area contributed by atoms with Gasteiger partial charge in [-0.1, -0.05) is 13.8 Å². The van der Waals surface area contributed by atoms with Crippen LogP contribution in [0.1, 0.15) is 27.2 Å². The first kappa shape index (κ1) is 11.9. The molecule has 74 valence electrons. The monoisotopic (exact) mass is 173 g/mol. The van der Waals surface area contributed by atoms with Crippen LogP contribution in [0.5, 0.6) is 0 Å². The van der Waals surface area contributed by atoms with Gasteiger partial charge in [0, 0.05) is 6.04 Å². The lowest BCUT2D eigenvalue weighted by Gasteiger charge is -2.30. The predicted molar refractivity (Wildman–Crippen MR) is 54.0 cm³/mol. The molecule has 0 aromatic heterocycles. The van der Waals surface area contributed by atoms with Crippen molar-refractivity contribution in [3.63, 3.8) is 0 Å². The highest BCUT2D eigenvalue weighted by molar-refractivity contribution is 4.70. The van der Waals surface area contributed by atoms with E-state index in [-0.39, 0.29) is 6.04 Å². The van der Waals surface area contributed by atoms with E-state index < -0.39 is 0 Å². The fourth-order valence-corrected chi connectivity index (χ4v) is 1.47. The van der Waals surface area contributed by atoms with E-state index in [1.807, 2.05) is 14.0 Å². The molecule has 12 heavy (non-hydrogen) atoms. The minimum absolute atomic E-state index is 0.267. The SMILES string of the molecule is CCN(CC)C(CC(C)N)NC. The third kappa shape index (κ3) is 4.04. The molecule has 2 atom stereocenters. The van der Waals surface area contributed by atoms with Crippen molar-refractivity contribution < 1.29 is 0 Å². The summed E-state index contributed by atoms with van der Waals surface area (Å²) in [6.07, 6.45) is 1.44. The Morgan fingerprint density at radius 1 is 1.33 bits per heavy atom. The molecule has 0 saturated heterocycles. The molecular formula is C9H23N3. The Bertz CT molecular complexity index is 99.9. The molecule has 0 aromatic rings. The van der Waals surface area contributed by atoms with Gasteiger partial charge in [-0.05, 0) is 33.5 Å². The molecule has 3 N–H and O–H groups in total. The van der Waals surface area contributed by atoms with Crippen molar-refractivity contribution >= 4 is 0 Å². The summed E-state index contributed by atoms with van der Waals surface area (Å²) in [5.41, 5.74) is 5.75. The summed E-state index contributed by atoms with van der Waals surface area (Å²) in [7, 11) is 1.99. The summed E-state index contributed by atoms with van der Waals surface area (Å²) in [4.78, 5) is 2.38. The lowest BCUT2D eigenvalue weighted by Crippen LogP contribution is -2.46. The zero-order valence-electron chi connectivity index (χ0n) is 8.80. The van der Waals surface area contributed by atoms with Crippen molar-refractivity contribution in [2.24, 2.45) is 5.73 Å². The molecule has 3 heteroatoms. The summed E-state index contributed by atoms with van der Waals surface area (Å²) in [6.45, 7) is 8.56. The van der Waals surface area contributed by atoms with Crippen LogP contribution in [-0.2, 0) is 0 Å². The molecule has 3 nitrogen and oxygen atoms in total. The van der Waals surface area contributed by atoms with Crippen molar-refractivity contribution in [2.75, 3.05) is 20.1 Å². The molecule has 0 aliphatic heterocycles. The third-order valence-electron chi connectivity index (χ3n) is 2.18. The first-order chi connectivity index (χ1) is 5.65. The van der Waals surface area contributed by atoms with Crippen LogP contribution in [-0.4, -0.2) is 37.2 Å². The molecule has 0 saturated carbocycles. The molecule has 0 heterocycles. The van der Waals surface area contributed by atoms with Gasteiger partial charge in [0.1, 0.15) is 0 Å². The van der Waals surface area contributed by atoms with Crippen LogP contribution >= 0.6 is 0 Å². The number of rotatable bonds is 6. The van der Waals surface area contributed by atoms with E-state index >= 15 is 0 Å². The first-order valence-corrected chi connectivity index (χ1v) is 4.82. The fourth-order valence-electron chi connectivity index (χ4n) is 1.47. The van der Waals surface area contributed by atoms with E-state index in [1.165, 1.54) is 0 Å². The average Bonchev–Trinajstić information content (AvgIpc) is 2.04.